The smallest absolute Gasteiger partial charge is 0.229 e. The fraction of sp³-hybridized carbons (Fsp3) is 0.462. The first-order valence-corrected chi connectivity index (χ1v) is 6.65. The van der Waals surface area contributed by atoms with Crippen LogP contribution < -0.4 is 10.6 Å². The van der Waals surface area contributed by atoms with Gasteiger partial charge < -0.3 is 10.6 Å². The zero-order chi connectivity index (χ0) is 12.4. The van der Waals surface area contributed by atoms with Crippen LogP contribution in [0.4, 0.5) is 5.69 Å². The molecular weight excluding hydrogens is 280 g/mol. The van der Waals surface area contributed by atoms with Crippen LogP contribution in [0.5, 0.6) is 0 Å². The molecule has 2 N–H and O–H groups in total. The van der Waals surface area contributed by atoms with Gasteiger partial charge in [-0.2, -0.15) is 0 Å². The van der Waals surface area contributed by atoms with Crippen LogP contribution in [-0.2, 0) is 4.79 Å². The largest absolute Gasteiger partial charge is 0.325 e. The van der Waals surface area contributed by atoms with Gasteiger partial charge in [0.25, 0.3) is 0 Å². The first kappa shape index (κ1) is 12.6. The Morgan fingerprint density at radius 2 is 2.24 bits per heavy atom. The lowest BCUT2D eigenvalue weighted by Crippen LogP contribution is -2.28. The average molecular weight is 297 g/mol. The van der Waals surface area contributed by atoms with Crippen molar-refractivity contribution in [1.82, 2.24) is 5.32 Å². The molecule has 2 atom stereocenters. The highest BCUT2D eigenvalue weighted by Crippen LogP contribution is 2.27. The molecule has 0 saturated carbocycles. The molecule has 1 aromatic rings. The number of anilines is 1. The molecule has 0 aromatic heterocycles. The van der Waals surface area contributed by atoms with Gasteiger partial charge >= 0.3 is 0 Å². The van der Waals surface area contributed by atoms with Crippen LogP contribution in [-0.4, -0.2) is 19.0 Å². The van der Waals surface area contributed by atoms with Gasteiger partial charge in [0.05, 0.1) is 11.6 Å². The maximum absolute atomic E-state index is 12.1. The van der Waals surface area contributed by atoms with E-state index in [0.717, 1.165) is 28.8 Å². The van der Waals surface area contributed by atoms with Crippen molar-refractivity contribution in [2.75, 3.05) is 18.4 Å². The van der Waals surface area contributed by atoms with Gasteiger partial charge in [-0.15, -0.1) is 0 Å². The summed E-state index contributed by atoms with van der Waals surface area (Å²) < 4.78 is 0.965. The second-order valence-corrected chi connectivity index (χ2v) is 5.46. The molecule has 17 heavy (non-hydrogen) atoms. The topological polar surface area (TPSA) is 41.1 Å². The second kappa shape index (κ2) is 5.19. The van der Waals surface area contributed by atoms with E-state index in [4.69, 9.17) is 0 Å². The monoisotopic (exact) mass is 296 g/mol. The number of rotatable bonds is 2. The molecular formula is C13H17BrN2O. The van der Waals surface area contributed by atoms with E-state index in [0.29, 0.717) is 5.92 Å². The van der Waals surface area contributed by atoms with Crippen molar-refractivity contribution >= 4 is 27.5 Å². The molecule has 1 saturated heterocycles. The zero-order valence-electron chi connectivity index (χ0n) is 10.1. The Bertz CT molecular complexity index is 433. The van der Waals surface area contributed by atoms with Crippen molar-refractivity contribution in [3.8, 4) is 0 Å². The quantitative estimate of drug-likeness (QED) is 0.881. The minimum Gasteiger partial charge on any atom is -0.325 e. The predicted octanol–water partition coefficient (Wildman–Crippen LogP) is 2.55. The average Bonchev–Trinajstić information content (AvgIpc) is 2.71. The van der Waals surface area contributed by atoms with E-state index in [1.807, 2.05) is 25.1 Å². The lowest BCUT2D eigenvalue weighted by Gasteiger charge is -2.15. The van der Waals surface area contributed by atoms with Crippen LogP contribution in [0.1, 0.15) is 12.5 Å². The lowest BCUT2D eigenvalue weighted by molar-refractivity contribution is -0.120. The van der Waals surface area contributed by atoms with Crippen molar-refractivity contribution in [2.24, 2.45) is 11.8 Å². The first-order valence-electron chi connectivity index (χ1n) is 5.86. The highest BCUT2D eigenvalue weighted by Gasteiger charge is 2.29. The summed E-state index contributed by atoms with van der Waals surface area (Å²) in [6, 6.07) is 5.88. The van der Waals surface area contributed by atoms with E-state index in [1.54, 1.807) is 0 Å². The molecule has 92 valence electrons. The van der Waals surface area contributed by atoms with Gasteiger partial charge in [-0.3, -0.25) is 4.79 Å². The number of hydrogen-bond donors (Lipinski definition) is 2. The fourth-order valence-electron chi connectivity index (χ4n) is 2.13. The highest BCUT2D eigenvalue weighted by atomic mass is 79.9. The van der Waals surface area contributed by atoms with Gasteiger partial charge in [-0.25, -0.2) is 0 Å². The molecule has 0 aliphatic carbocycles. The second-order valence-electron chi connectivity index (χ2n) is 4.67. The zero-order valence-corrected chi connectivity index (χ0v) is 11.7. The number of carbonyl (C=O) groups excluding carboxylic acids is 1. The molecule has 1 heterocycles. The standard InChI is InChI=1S/C13H17BrN2O/c1-8-4-3-5-11(12(8)14)16-13(17)10-7-15-6-9(10)2/h3-5,9-10,15H,6-7H2,1-2H3,(H,16,17)/t9-,10-/m1/s1. The fourth-order valence-corrected chi connectivity index (χ4v) is 2.49. The van der Waals surface area contributed by atoms with Gasteiger partial charge in [0, 0.05) is 11.0 Å². The van der Waals surface area contributed by atoms with E-state index in [9.17, 15) is 4.79 Å². The SMILES string of the molecule is Cc1cccc(NC(=O)[C@@H]2CNC[C@H]2C)c1Br. The van der Waals surface area contributed by atoms with Gasteiger partial charge in [0.15, 0.2) is 0 Å². The van der Waals surface area contributed by atoms with Crippen LogP contribution in [0.3, 0.4) is 0 Å². The maximum Gasteiger partial charge on any atom is 0.229 e. The van der Waals surface area contributed by atoms with E-state index in [1.165, 1.54) is 0 Å². The Hall–Kier alpha value is -0.870. The summed E-state index contributed by atoms with van der Waals surface area (Å²) >= 11 is 3.50. The third kappa shape index (κ3) is 2.69. The molecule has 0 spiro atoms. The van der Waals surface area contributed by atoms with Gasteiger partial charge in [-0.05, 0) is 46.9 Å². The van der Waals surface area contributed by atoms with Crippen LogP contribution in [0.15, 0.2) is 22.7 Å². The number of nitrogens with one attached hydrogen (secondary N) is 2. The van der Waals surface area contributed by atoms with E-state index >= 15 is 0 Å². The number of aryl methyl sites for hydroxylation is 1. The molecule has 2 rings (SSSR count). The molecule has 0 unspecified atom stereocenters. The molecule has 4 heteroatoms. The minimum absolute atomic E-state index is 0.0717. The van der Waals surface area contributed by atoms with Crippen molar-refractivity contribution in [2.45, 2.75) is 13.8 Å². The summed E-state index contributed by atoms with van der Waals surface area (Å²) in [5.41, 5.74) is 1.98. The van der Waals surface area contributed by atoms with Crippen LogP contribution in [0.25, 0.3) is 0 Å². The first-order chi connectivity index (χ1) is 8.09. The minimum atomic E-state index is 0.0717. The molecule has 0 radical (unpaired) electrons. The normalized spacial score (nSPS) is 23.7. The Morgan fingerprint density at radius 3 is 2.88 bits per heavy atom. The summed E-state index contributed by atoms with van der Waals surface area (Å²) in [4.78, 5) is 12.1. The molecule has 1 fully saturated rings. The number of benzene rings is 1. The summed E-state index contributed by atoms with van der Waals surface area (Å²) in [5, 5.41) is 6.24. The Balaban J connectivity index is 2.10. The Morgan fingerprint density at radius 1 is 1.47 bits per heavy atom. The summed E-state index contributed by atoms with van der Waals surface area (Å²) in [7, 11) is 0. The predicted molar refractivity (Wildman–Crippen MR) is 73.0 cm³/mol. The molecule has 3 nitrogen and oxygen atoms in total. The van der Waals surface area contributed by atoms with Crippen molar-refractivity contribution in [3.05, 3.63) is 28.2 Å². The Labute approximate surface area is 110 Å². The van der Waals surface area contributed by atoms with E-state index in [-0.39, 0.29) is 11.8 Å². The molecule has 1 amide bonds. The van der Waals surface area contributed by atoms with Crippen molar-refractivity contribution in [3.63, 3.8) is 0 Å². The van der Waals surface area contributed by atoms with Crippen LogP contribution in [0.2, 0.25) is 0 Å². The maximum atomic E-state index is 12.1. The number of amides is 1. The molecule has 1 aliphatic rings. The van der Waals surface area contributed by atoms with Crippen LogP contribution in [0, 0.1) is 18.8 Å². The van der Waals surface area contributed by atoms with Gasteiger partial charge in [-0.1, -0.05) is 19.1 Å². The molecule has 1 aromatic carbocycles. The lowest BCUT2D eigenvalue weighted by atomic mass is 9.97. The summed E-state index contributed by atoms with van der Waals surface area (Å²) in [6.07, 6.45) is 0. The molecule has 1 aliphatic heterocycles. The highest BCUT2D eigenvalue weighted by molar-refractivity contribution is 9.10. The summed E-state index contributed by atoms with van der Waals surface area (Å²) in [5.74, 6) is 0.579. The number of hydrogen-bond acceptors (Lipinski definition) is 2. The number of halogens is 1. The van der Waals surface area contributed by atoms with Crippen molar-refractivity contribution in [1.29, 1.82) is 0 Å². The van der Waals surface area contributed by atoms with E-state index in [2.05, 4.69) is 33.5 Å². The van der Waals surface area contributed by atoms with Crippen molar-refractivity contribution < 1.29 is 4.79 Å². The van der Waals surface area contributed by atoms with Gasteiger partial charge in [0.2, 0.25) is 5.91 Å². The molecule has 0 bridgehead atoms. The number of carbonyl (C=O) groups is 1. The summed E-state index contributed by atoms with van der Waals surface area (Å²) in [6.45, 7) is 5.82. The van der Waals surface area contributed by atoms with Crippen LogP contribution >= 0.6 is 15.9 Å². The van der Waals surface area contributed by atoms with Gasteiger partial charge in [0.1, 0.15) is 0 Å². The van der Waals surface area contributed by atoms with E-state index < -0.39 is 0 Å². The Kier molecular flexibility index (Phi) is 3.84. The third-order valence-corrected chi connectivity index (χ3v) is 4.36. The third-order valence-electron chi connectivity index (χ3n) is 3.30.